The Balaban J connectivity index is 1.93. The van der Waals surface area contributed by atoms with E-state index in [0.717, 1.165) is 6.42 Å². The minimum Gasteiger partial charge on any atom is -0.399 e. The third kappa shape index (κ3) is 3.96. The summed E-state index contributed by atoms with van der Waals surface area (Å²) >= 11 is 0. The van der Waals surface area contributed by atoms with Gasteiger partial charge >= 0.3 is 0 Å². The van der Waals surface area contributed by atoms with Gasteiger partial charge in [0, 0.05) is 12.2 Å². The summed E-state index contributed by atoms with van der Waals surface area (Å²) in [6.07, 6.45) is 7.31. The van der Waals surface area contributed by atoms with Gasteiger partial charge < -0.3 is 5.73 Å². The van der Waals surface area contributed by atoms with Gasteiger partial charge in [0.1, 0.15) is 0 Å². The van der Waals surface area contributed by atoms with E-state index in [-0.39, 0.29) is 0 Å². The predicted octanol–water partition coefficient (Wildman–Crippen LogP) is 2.83. The first kappa shape index (κ1) is 15.3. The normalized spacial score (nSPS) is 17.2. The highest BCUT2D eigenvalue weighted by atomic mass is 32.2. The van der Waals surface area contributed by atoms with Crippen LogP contribution in [-0.2, 0) is 10.0 Å². The van der Waals surface area contributed by atoms with E-state index in [1.807, 2.05) is 0 Å². The molecule has 0 radical (unpaired) electrons. The smallest absolute Gasteiger partial charge is 0.240 e. The van der Waals surface area contributed by atoms with Crippen LogP contribution in [0.15, 0.2) is 23.1 Å². The molecule has 112 valence electrons. The molecule has 1 aliphatic carbocycles. The lowest BCUT2D eigenvalue weighted by Crippen LogP contribution is -2.27. The van der Waals surface area contributed by atoms with Crippen LogP contribution in [0.5, 0.6) is 0 Å². The quantitative estimate of drug-likeness (QED) is 0.821. The van der Waals surface area contributed by atoms with Gasteiger partial charge in [-0.2, -0.15) is 0 Å². The third-order valence-corrected chi connectivity index (χ3v) is 5.68. The fourth-order valence-electron chi connectivity index (χ4n) is 2.93. The minimum atomic E-state index is -3.41. The maximum Gasteiger partial charge on any atom is 0.240 e. The summed E-state index contributed by atoms with van der Waals surface area (Å²) in [7, 11) is -3.41. The maximum atomic E-state index is 12.3. The Bertz CT molecular complexity index is 549. The zero-order valence-corrected chi connectivity index (χ0v) is 12.9. The average Bonchev–Trinajstić information content (AvgIpc) is 2.39. The summed E-state index contributed by atoms with van der Waals surface area (Å²) < 4.78 is 27.2. The first-order valence-corrected chi connectivity index (χ1v) is 8.83. The SMILES string of the molecule is Cc1cc(N)ccc1S(=O)(=O)NCCC1CCCCC1. The number of hydrogen-bond donors (Lipinski definition) is 2. The Kier molecular flexibility index (Phi) is 5.05. The molecule has 0 aromatic heterocycles. The van der Waals surface area contributed by atoms with Crippen molar-refractivity contribution in [2.45, 2.75) is 50.3 Å². The topological polar surface area (TPSA) is 72.2 Å². The highest BCUT2D eigenvalue weighted by molar-refractivity contribution is 7.89. The van der Waals surface area contributed by atoms with E-state index >= 15 is 0 Å². The molecule has 1 saturated carbocycles. The highest BCUT2D eigenvalue weighted by Crippen LogP contribution is 2.26. The number of nitrogens with two attached hydrogens (primary N) is 1. The monoisotopic (exact) mass is 296 g/mol. The molecule has 4 nitrogen and oxygen atoms in total. The number of aryl methyl sites for hydroxylation is 1. The number of sulfonamides is 1. The van der Waals surface area contributed by atoms with Gasteiger partial charge in [-0.15, -0.1) is 0 Å². The van der Waals surface area contributed by atoms with Crippen LogP contribution >= 0.6 is 0 Å². The molecule has 1 aromatic rings. The van der Waals surface area contributed by atoms with Crippen LogP contribution in [0.3, 0.4) is 0 Å². The number of rotatable bonds is 5. The minimum absolute atomic E-state index is 0.329. The molecule has 0 amide bonds. The maximum absolute atomic E-state index is 12.3. The summed E-state index contributed by atoms with van der Waals surface area (Å²) in [5, 5.41) is 0. The van der Waals surface area contributed by atoms with Gasteiger partial charge in [-0.3, -0.25) is 0 Å². The van der Waals surface area contributed by atoms with E-state index in [1.165, 1.54) is 32.1 Å². The molecule has 0 heterocycles. The lowest BCUT2D eigenvalue weighted by atomic mass is 9.87. The van der Waals surface area contributed by atoms with Crippen LogP contribution in [0.25, 0.3) is 0 Å². The molecular formula is C15H24N2O2S. The summed E-state index contributed by atoms with van der Waals surface area (Å²) in [6, 6.07) is 4.89. The van der Waals surface area contributed by atoms with E-state index in [9.17, 15) is 8.42 Å². The highest BCUT2D eigenvalue weighted by Gasteiger charge is 2.18. The zero-order valence-electron chi connectivity index (χ0n) is 12.1. The summed E-state index contributed by atoms with van der Waals surface area (Å²) in [4.78, 5) is 0.329. The van der Waals surface area contributed by atoms with Crippen LogP contribution in [0.1, 0.15) is 44.1 Å². The Morgan fingerprint density at radius 1 is 1.25 bits per heavy atom. The first-order chi connectivity index (χ1) is 9.49. The lowest BCUT2D eigenvalue weighted by molar-refractivity contribution is 0.339. The standard InChI is InChI=1S/C15H24N2O2S/c1-12-11-14(16)7-8-15(12)20(18,19)17-10-9-13-5-3-2-4-6-13/h7-8,11,13,17H,2-6,9-10,16H2,1H3. The molecular weight excluding hydrogens is 272 g/mol. The summed E-state index contributed by atoms with van der Waals surface area (Å²) in [5.41, 5.74) is 6.93. The van der Waals surface area contributed by atoms with Crippen LogP contribution in [0, 0.1) is 12.8 Å². The third-order valence-electron chi connectivity index (χ3n) is 4.06. The average molecular weight is 296 g/mol. The second-order valence-corrected chi connectivity index (χ2v) is 7.45. The van der Waals surface area contributed by atoms with Gasteiger partial charge in [0.05, 0.1) is 4.90 Å². The summed E-state index contributed by atoms with van der Waals surface area (Å²) in [5.74, 6) is 0.680. The molecule has 0 unspecified atom stereocenters. The zero-order chi connectivity index (χ0) is 14.6. The van der Waals surface area contributed by atoms with Gasteiger partial charge in [0.15, 0.2) is 0 Å². The number of nitrogens with one attached hydrogen (secondary N) is 1. The Labute approximate surface area is 121 Å². The number of anilines is 1. The van der Waals surface area contributed by atoms with Crippen molar-refractivity contribution in [3.05, 3.63) is 23.8 Å². The van der Waals surface area contributed by atoms with Crippen LogP contribution in [0.4, 0.5) is 5.69 Å². The number of hydrogen-bond acceptors (Lipinski definition) is 3. The van der Waals surface area contributed by atoms with Crippen molar-refractivity contribution in [3.63, 3.8) is 0 Å². The molecule has 1 aromatic carbocycles. The van der Waals surface area contributed by atoms with Crippen LogP contribution in [-0.4, -0.2) is 15.0 Å². The van der Waals surface area contributed by atoms with Crippen LogP contribution in [0.2, 0.25) is 0 Å². The fourth-order valence-corrected chi connectivity index (χ4v) is 4.20. The van der Waals surface area contributed by atoms with E-state index in [2.05, 4.69) is 4.72 Å². The molecule has 3 N–H and O–H groups in total. The van der Waals surface area contributed by atoms with Gasteiger partial charge in [0.25, 0.3) is 0 Å². The Hall–Kier alpha value is -1.07. The van der Waals surface area contributed by atoms with Crippen molar-refractivity contribution in [2.75, 3.05) is 12.3 Å². The largest absolute Gasteiger partial charge is 0.399 e. The second-order valence-electron chi connectivity index (χ2n) is 5.72. The molecule has 0 atom stereocenters. The molecule has 0 spiro atoms. The van der Waals surface area contributed by atoms with E-state index < -0.39 is 10.0 Å². The van der Waals surface area contributed by atoms with Gasteiger partial charge in [0.2, 0.25) is 10.0 Å². The number of nitrogen functional groups attached to an aromatic ring is 1. The Morgan fingerprint density at radius 2 is 1.95 bits per heavy atom. The van der Waals surface area contributed by atoms with Crippen molar-refractivity contribution >= 4 is 15.7 Å². The lowest BCUT2D eigenvalue weighted by Gasteiger charge is -2.21. The van der Waals surface area contributed by atoms with Crippen molar-refractivity contribution in [3.8, 4) is 0 Å². The molecule has 0 bridgehead atoms. The fraction of sp³-hybridized carbons (Fsp3) is 0.600. The van der Waals surface area contributed by atoms with Crippen LogP contribution < -0.4 is 10.5 Å². The van der Waals surface area contributed by atoms with Gasteiger partial charge in [-0.1, -0.05) is 32.1 Å². The summed E-state index contributed by atoms with van der Waals surface area (Å²) in [6.45, 7) is 2.29. The molecule has 20 heavy (non-hydrogen) atoms. The molecule has 5 heteroatoms. The van der Waals surface area contributed by atoms with Crippen molar-refractivity contribution in [2.24, 2.45) is 5.92 Å². The molecule has 1 aliphatic rings. The predicted molar refractivity (Wildman–Crippen MR) is 82.0 cm³/mol. The molecule has 2 rings (SSSR count). The van der Waals surface area contributed by atoms with Crippen molar-refractivity contribution in [1.29, 1.82) is 0 Å². The van der Waals surface area contributed by atoms with Gasteiger partial charge in [-0.25, -0.2) is 13.1 Å². The Morgan fingerprint density at radius 3 is 2.60 bits per heavy atom. The van der Waals surface area contributed by atoms with Gasteiger partial charge in [-0.05, 0) is 43.0 Å². The second kappa shape index (κ2) is 6.59. The van der Waals surface area contributed by atoms with E-state index in [4.69, 9.17) is 5.73 Å². The molecule has 1 fully saturated rings. The molecule has 0 aliphatic heterocycles. The van der Waals surface area contributed by atoms with Crippen molar-refractivity contribution < 1.29 is 8.42 Å². The first-order valence-electron chi connectivity index (χ1n) is 7.35. The van der Waals surface area contributed by atoms with E-state index in [0.29, 0.717) is 28.6 Å². The molecule has 0 saturated heterocycles. The number of benzene rings is 1. The van der Waals surface area contributed by atoms with E-state index in [1.54, 1.807) is 25.1 Å². The van der Waals surface area contributed by atoms with Crippen molar-refractivity contribution in [1.82, 2.24) is 4.72 Å².